The van der Waals surface area contributed by atoms with Gasteiger partial charge in [-0.25, -0.2) is 4.98 Å². The van der Waals surface area contributed by atoms with Crippen LogP contribution in [0.2, 0.25) is 0 Å². The SMILES string of the molecule is COc1cc2sc(NC(=O)c3ccc(C(=O)c4ccccc4)cc3)nc2cc1Br. The van der Waals surface area contributed by atoms with Crippen molar-refractivity contribution in [1.82, 2.24) is 4.98 Å². The van der Waals surface area contributed by atoms with Crippen molar-refractivity contribution >= 4 is 54.3 Å². The van der Waals surface area contributed by atoms with Gasteiger partial charge >= 0.3 is 0 Å². The quantitative estimate of drug-likeness (QED) is 0.391. The van der Waals surface area contributed by atoms with Gasteiger partial charge in [-0.15, -0.1) is 0 Å². The van der Waals surface area contributed by atoms with Crippen LogP contribution in [0.3, 0.4) is 0 Å². The second-order valence-electron chi connectivity index (χ2n) is 6.20. The number of carbonyl (C=O) groups is 2. The molecule has 1 N–H and O–H groups in total. The van der Waals surface area contributed by atoms with Crippen molar-refractivity contribution in [2.24, 2.45) is 0 Å². The number of amides is 1. The van der Waals surface area contributed by atoms with Crippen molar-refractivity contribution in [1.29, 1.82) is 0 Å². The van der Waals surface area contributed by atoms with E-state index in [0.717, 1.165) is 14.7 Å². The minimum Gasteiger partial charge on any atom is -0.496 e. The Morgan fingerprint density at radius 1 is 0.966 bits per heavy atom. The summed E-state index contributed by atoms with van der Waals surface area (Å²) in [4.78, 5) is 29.5. The zero-order valence-corrected chi connectivity index (χ0v) is 17.7. The standard InChI is InChI=1S/C22H15BrN2O3S/c1-28-18-12-19-17(11-16(18)23)24-22(29-19)25-21(27)15-9-7-14(8-10-15)20(26)13-5-3-2-4-6-13/h2-12H,1H3,(H,24,25,27). The molecule has 0 atom stereocenters. The lowest BCUT2D eigenvalue weighted by atomic mass is 10.0. The number of halogens is 1. The van der Waals surface area contributed by atoms with Crippen LogP contribution in [-0.2, 0) is 0 Å². The lowest BCUT2D eigenvalue weighted by molar-refractivity contribution is 0.102. The van der Waals surface area contributed by atoms with Gasteiger partial charge in [-0.2, -0.15) is 0 Å². The van der Waals surface area contributed by atoms with Gasteiger partial charge in [0.15, 0.2) is 10.9 Å². The maximum atomic E-state index is 12.6. The number of nitrogens with zero attached hydrogens (tertiary/aromatic N) is 1. The van der Waals surface area contributed by atoms with Crippen molar-refractivity contribution in [2.45, 2.75) is 0 Å². The highest BCUT2D eigenvalue weighted by atomic mass is 79.9. The van der Waals surface area contributed by atoms with Crippen molar-refractivity contribution in [2.75, 3.05) is 12.4 Å². The van der Waals surface area contributed by atoms with Crippen LogP contribution in [0.25, 0.3) is 10.2 Å². The third-order valence-electron chi connectivity index (χ3n) is 4.33. The Morgan fingerprint density at radius 3 is 2.31 bits per heavy atom. The molecule has 4 rings (SSSR count). The van der Waals surface area contributed by atoms with Gasteiger partial charge in [0.25, 0.3) is 5.91 Å². The molecule has 5 nitrogen and oxygen atoms in total. The first-order chi connectivity index (χ1) is 14.0. The minimum absolute atomic E-state index is 0.0803. The molecule has 0 saturated heterocycles. The van der Waals surface area contributed by atoms with E-state index in [4.69, 9.17) is 4.74 Å². The van der Waals surface area contributed by atoms with E-state index in [2.05, 4.69) is 26.2 Å². The molecule has 0 aliphatic heterocycles. The van der Waals surface area contributed by atoms with E-state index in [1.807, 2.05) is 30.3 Å². The number of hydrogen-bond acceptors (Lipinski definition) is 5. The van der Waals surface area contributed by atoms with E-state index in [-0.39, 0.29) is 11.7 Å². The molecule has 0 radical (unpaired) electrons. The molecule has 0 aliphatic carbocycles. The van der Waals surface area contributed by atoms with Gasteiger partial charge in [-0.3, -0.25) is 14.9 Å². The van der Waals surface area contributed by atoms with Gasteiger partial charge < -0.3 is 4.74 Å². The minimum atomic E-state index is -0.284. The molecular formula is C22H15BrN2O3S. The highest BCUT2D eigenvalue weighted by Gasteiger charge is 2.14. The van der Waals surface area contributed by atoms with Gasteiger partial charge in [-0.05, 0) is 34.1 Å². The number of rotatable bonds is 5. The van der Waals surface area contributed by atoms with Crippen LogP contribution in [0.5, 0.6) is 5.75 Å². The first kappa shape index (κ1) is 19.3. The van der Waals surface area contributed by atoms with Crippen LogP contribution in [0.4, 0.5) is 5.13 Å². The first-order valence-electron chi connectivity index (χ1n) is 8.70. The molecule has 0 fully saturated rings. The second-order valence-corrected chi connectivity index (χ2v) is 8.09. The number of anilines is 1. The average molecular weight is 467 g/mol. The number of ether oxygens (including phenoxy) is 1. The molecule has 144 valence electrons. The average Bonchev–Trinajstić information content (AvgIpc) is 3.14. The van der Waals surface area contributed by atoms with Crippen molar-refractivity contribution in [3.8, 4) is 5.75 Å². The third kappa shape index (κ3) is 4.06. The summed E-state index contributed by atoms with van der Waals surface area (Å²) in [6, 6.07) is 19.4. The molecule has 7 heteroatoms. The van der Waals surface area contributed by atoms with Crippen LogP contribution in [-0.4, -0.2) is 23.8 Å². The number of benzene rings is 3. The van der Waals surface area contributed by atoms with E-state index in [1.165, 1.54) is 11.3 Å². The molecule has 1 heterocycles. The number of fused-ring (bicyclic) bond motifs is 1. The normalized spacial score (nSPS) is 10.7. The lowest BCUT2D eigenvalue weighted by Gasteiger charge is -2.04. The van der Waals surface area contributed by atoms with Gasteiger partial charge in [0.1, 0.15) is 5.75 Å². The third-order valence-corrected chi connectivity index (χ3v) is 5.88. The highest BCUT2D eigenvalue weighted by molar-refractivity contribution is 9.10. The first-order valence-corrected chi connectivity index (χ1v) is 10.3. The molecule has 4 aromatic rings. The fourth-order valence-corrected chi connectivity index (χ4v) is 4.20. The zero-order valence-electron chi connectivity index (χ0n) is 15.3. The Kier molecular flexibility index (Phi) is 5.42. The van der Waals surface area contributed by atoms with Crippen LogP contribution < -0.4 is 10.1 Å². The summed E-state index contributed by atoms with van der Waals surface area (Å²) >= 11 is 4.80. The largest absolute Gasteiger partial charge is 0.496 e. The Labute approximate surface area is 179 Å². The molecule has 0 unspecified atom stereocenters. The Bertz CT molecular complexity index is 1200. The van der Waals surface area contributed by atoms with Crippen LogP contribution >= 0.6 is 27.3 Å². The summed E-state index contributed by atoms with van der Waals surface area (Å²) < 4.78 is 7.00. The van der Waals surface area contributed by atoms with Gasteiger partial charge in [0.2, 0.25) is 0 Å². The van der Waals surface area contributed by atoms with Gasteiger partial charge in [0, 0.05) is 22.8 Å². The number of carbonyl (C=O) groups excluding carboxylic acids is 2. The molecule has 1 amide bonds. The topological polar surface area (TPSA) is 68.3 Å². The Balaban J connectivity index is 1.51. The fraction of sp³-hybridized carbons (Fsp3) is 0.0455. The number of nitrogens with one attached hydrogen (secondary N) is 1. The molecule has 0 bridgehead atoms. The zero-order chi connectivity index (χ0) is 20.4. The summed E-state index contributed by atoms with van der Waals surface area (Å²) in [5.74, 6) is 0.342. The summed E-state index contributed by atoms with van der Waals surface area (Å²) in [5, 5.41) is 3.31. The van der Waals surface area contributed by atoms with E-state index in [0.29, 0.717) is 27.6 Å². The Hall–Kier alpha value is -3.03. The number of methoxy groups -OCH3 is 1. The van der Waals surface area contributed by atoms with Gasteiger partial charge in [0.05, 0.1) is 21.8 Å². The van der Waals surface area contributed by atoms with E-state index in [9.17, 15) is 9.59 Å². The van der Waals surface area contributed by atoms with Crippen molar-refractivity contribution in [3.05, 3.63) is 87.9 Å². The van der Waals surface area contributed by atoms with Crippen molar-refractivity contribution in [3.63, 3.8) is 0 Å². The highest BCUT2D eigenvalue weighted by Crippen LogP contribution is 2.34. The maximum absolute atomic E-state index is 12.6. The summed E-state index contributed by atoms with van der Waals surface area (Å²) in [6.07, 6.45) is 0. The molecular weight excluding hydrogens is 452 g/mol. The molecule has 3 aromatic carbocycles. The summed E-state index contributed by atoms with van der Waals surface area (Å²) in [7, 11) is 1.60. The van der Waals surface area contributed by atoms with E-state index in [1.54, 1.807) is 43.5 Å². The fourth-order valence-electron chi connectivity index (χ4n) is 2.84. The number of thiazole rings is 1. The smallest absolute Gasteiger partial charge is 0.257 e. The number of ketones is 1. The molecule has 1 aromatic heterocycles. The van der Waals surface area contributed by atoms with E-state index < -0.39 is 0 Å². The van der Waals surface area contributed by atoms with Crippen molar-refractivity contribution < 1.29 is 14.3 Å². The number of aromatic nitrogens is 1. The molecule has 29 heavy (non-hydrogen) atoms. The summed E-state index contributed by atoms with van der Waals surface area (Å²) in [6.45, 7) is 0. The number of hydrogen-bond donors (Lipinski definition) is 1. The van der Waals surface area contributed by atoms with E-state index >= 15 is 0 Å². The predicted molar refractivity (Wildman–Crippen MR) is 118 cm³/mol. The van der Waals surface area contributed by atoms with Gasteiger partial charge in [-0.1, -0.05) is 53.8 Å². The van der Waals surface area contributed by atoms with Crippen LogP contribution in [0.1, 0.15) is 26.3 Å². The molecule has 0 aliphatic rings. The maximum Gasteiger partial charge on any atom is 0.257 e. The monoisotopic (exact) mass is 466 g/mol. The predicted octanol–water partition coefficient (Wildman–Crippen LogP) is 5.55. The van der Waals surface area contributed by atoms with Crippen LogP contribution in [0.15, 0.2) is 71.2 Å². The molecule has 0 spiro atoms. The van der Waals surface area contributed by atoms with Crippen LogP contribution in [0, 0.1) is 0 Å². The Morgan fingerprint density at radius 2 is 1.62 bits per heavy atom. The summed E-state index contributed by atoms with van der Waals surface area (Å²) in [5.41, 5.74) is 2.36. The second kappa shape index (κ2) is 8.14. The lowest BCUT2D eigenvalue weighted by Crippen LogP contribution is -2.12. The molecule has 0 saturated carbocycles.